The maximum absolute atomic E-state index is 12.7. The van der Waals surface area contributed by atoms with Crippen molar-refractivity contribution in [2.45, 2.75) is 6.04 Å². The van der Waals surface area contributed by atoms with Gasteiger partial charge in [-0.15, -0.1) is 0 Å². The molecule has 0 bridgehead atoms. The summed E-state index contributed by atoms with van der Waals surface area (Å²) in [7, 11) is 1.91. The fourth-order valence-corrected chi connectivity index (χ4v) is 3.88. The molecule has 0 aliphatic heterocycles. The highest BCUT2D eigenvalue weighted by Gasteiger charge is 2.21. The van der Waals surface area contributed by atoms with E-state index in [-0.39, 0.29) is 18.6 Å². The number of carbonyl (C=O) groups is 1. The van der Waals surface area contributed by atoms with Gasteiger partial charge in [-0.05, 0) is 38.3 Å². The second kappa shape index (κ2) is 8.49. The van der Waals surface area contributed by atoms with E-state index in [9.17, 15) is 4.79 Å². The first kappa shape index (κ1) is 19.2. The largest absolute Gasteiger partial charge is 0.483 e. The van der Waals surface area contributed by atoms with Gasteiger partial charge in [0.05, 0.1) is 4.47 Å². The van der Waals surface area contributed by atoms with Crippen LogP contribution in [0.2, 0.25) is 0 Å². The molecule has 0 fully saturated rings. The number of carbonyl (C=O) groups excluding carboxylic acids is 1. The number of hydrogen-bond acceptors (Lipinski definition) is 3. The number of ether oxygens (including phenoxy) is 1. The molecule has 0 aliphatic carbocycles. The molecule has 0 aliphatic rings. The van der Waals surface area contributed by atoms with Crippen LogP contribution in [0, 0.1) is 0 Å². The van der Waals surface area contributed by atoms with Crippen molar-refractivity contribution >= 4 is 32.6 Å². The lowest BCUT2D eigenvalue weighted by Crippen LogP contribution is -2.34. The lowest BCUT2D eigenvalue weighted by molar-refractivity contribution is -0.123. The second-order valence-corrected chi connectivity index (χ2v) is 7.49. The van der Waals surface area contributed by atoms with Gasteiger partial charge in [-0.2, -0.15) is 0 Å². The van der Waals surface area contributed by atoms with E-state index in [4.69, 9.17) is 4.74 Å². The van der Waals surface area contributed by atoms with Crippen LogP contribution < -0.4 is 10.1 Å². The van der Waals surface area contributed by atoms with Gasteiger partial charge in [0, 0.05) is 19.4 Å². The number of amides is 1. The maximum Gasteiger partial charge on any atom is 0.258 e. The number of benzene rings is 3. The van der Waals surface area contributed by atoms with E-state index in [1.54, 1.807) is 6.20 Å². The third kappa shape index (κ3) is 4.17. The summed E-state index contributed by atoms with van der Waals surface area (Å²) in [4.78, 5) is 17.1. The summed E-state index contributed by atoms with van der Waals surface area (Å²) in [6, 6.07) is 21.3. The Morgan fingerprint density at radius 3 is 2.62 bits per heavy atom. The number of hydrogen-bond donors (Lipinski definition) is 1. The molecule has 29 heavy (non-hydrogen) atoms. The third-order valence-electron chi connectivity index (χ3n) is 4.74. The summed E-state index contributed by atoms with van der Waals surface area (Å²) in [5, 5.41) is 5.19. The standard InChI is InChI=1S/C23H20BrN3O2/c1-27-14-13-25-23(27)22(17-8-3-2-4-9-17)26-20(28)15-29-19-12-11-16-7-5-6-10-18(16)21(19)24/h2-14,22H,15H2,1H3,(H,26,28). The SMILES string of the molecule is Cn1ccnc1C(NC(=O)COc1ccc2ccccc2c1Br)c1ccccc1. The lowest BCUT2D eigenvalue weighted by Gasteiger charge is -2.19. The average Bonchev–Trinajstić information content (AvgIpc) is 3.18. The Labute approximate surface area is 177 Å². The van der Waals surface area contributed by atoms with Crippen LogP contribution in [-0.2, 0) is 11.8 Å². The Balaban J connectivity index is 1.50. The van der Waals surface area contributed by atoms with Crippen LogP contribution in [0.25, 0.3) is 10.8 Å². The number of aromatic nitrogens is 2. The van der Waals surface area contributed by atoms with Gasteiger partial charge in [-0.1, -0.05) is 60.7 Å². The summed E-state index contributed by atoms with van der Waals surface area (Å²) in [5.41, 5.74) is 0.960. The van der Waals surface area contributed by atoms with Gasteiger partial charge in [0.25, 0.3) is 5.91 Å². The molecule has 3 aromatic carbocycles. The lowest BCUT2D eigenvalue weighted by atomic mass is 10.1. The molecule has 0 radical (unpaired) electrons. The van der Waals surface area contributed by atoms with E-state index in [0.29, 0.717) is 5.75 Å². The summed E-state index contributed by atoms with van der Waals surface area (Å²) in [6.45, 7) is -0.0926. The first-order valence-corrected chi connectivity index (χ1v) is 10.0. The van der Waals surface area contributed by atoms with E-state index in [1.165, 1.54) is 0 Å². The maximum atomic E-state index is 12.7. The zero-order chi connectivity index (χ0) is 20.2. The van der Waals surface area contributed by atoms with Crippen molar-refractivity contribution in [3.05, 3.63) is 95.0 Å². The number of nitrogens with one attached hydrogen (secondary N) is 1. The number of imidazole rings is 1. The predicted octanol–water partition coefficient (Wildman–Crippen LogP) is 4.62. The van der Waals surface area contributed by atoms with Gasteiger partial charge < -0.3 is 14.6 Å². The first-order valence-electron chi connectivity index (χ1n) is 9.25. The normalized spacial score (nSPS) is 11.9. The molecular weight excluding hydrogens is 430 g/mol. The summed E-state index contributed by atoms with van der Waals surface area (Å²) in [5.74, 6) is 1.17. The van der Waals surface area contributed by atoms with Crippen LogP contribution in [-0.4, -0.2) is 22.1 Å². The fraction of sp³-hybridized carbons (Fsp3) is 0.130. The minimum Gasteiger partial charge on any atom is -0.483 e. The molecule has 1 atom stereocenters. The number of nitrogens with zero attached hydrogens (tertiary/aromatic N) is 2. The van der Waals surface area contributed by atoms with E-state index in [2.05, 4.69) is 26.2 Å². The average molecular weight is 450 g/mol. The van der Waals surface area contributed by atoms with Crippen molar-refractivity contribution in [1.29, 1.82) is 0 Å². The molecule has 0 saturated heterocycles. The fourth-order valence-electron chi connectivity index (χ4n) is 3.27. The second-order valence-electron chi connectivity index (χ2n) is 6.70. The molecule has 0 spiro atoms. The molecule has 146 valence electrons. The van der Waals surface area contributed by atoms with Crippen molar-refractivity contribution in [2.24, 2.45) is 7.05 Å². The van der Waals surface area contributed by atoms with E-state index in [1.807, 2.05) is 84.5 Å². The monoisotopic (exact) mass is 449 g/mol. The van der Waals surface area contributed by atoms with Crippen LogP contribution in [0.3, 0.4) is 0 Å². The molecule has 1 amide bonds. The summed E-state index contributed by atoms with van der Waals surface area (Å²) in [6.07, 6.45) is 3.58. The summed E-state index contributed by atoms with van der Waals surface area (Å²) < 4.78 is 8.55. The predicted molar refractivity (Wildman–Crippen MR) is 117 cm³/mol. The van der Waals surface area contributed by atoms with Crippen molar-refractivity contribution < 1.29 is 9.53 Å². The molecule has 0 saturated carbocycles. The Morgan fingerprint density at radius 1 is 1.10 bits per heavy atom. The summed E-state index contributed by atoms with van der Waals surface area (Å²) >= 11 is 3.59. The van der Waals surface area contributed by atoms with Crippen LogP contribution in [0.5, 0.6) is 5.75 Å². The van der Waals surface area contributed by atoms with E-state index < -0.39 is 0 Å². The van der Waals surface area contributed by atoms with Gasteiger partial charge >= 0.3 is 0 Å². The minimum absolute atomic E-state index is 0.0926. The van der Waals surface area contributed by atoms with Gasteiger partial charge in [0.2, 0.25) is 0 Å². The van der Waals surface area contributed by atoms with Crippen molar-refractivity contribution in [2.75, 3.05) is 6.61 Å². The van der Waals surface area contributed by atoms with E-state index in [0.717, 1.165) is 26.6 Å². The number of fused-ring (bicyclic) bond motifs is 1. The first-order chi connectivity index (χ1) is 14.1. The topological polar surface area (TPSA) is 56.2 Å². The van der Waals surface area contributed by atoms with Gasteiger partial charge in [-0.25, -0.2) is 4.98 Å². The van der Waals surface area contributed by atoms with Crippen LogP contribution in [0.1, 0.15) is 17.4 Å². The highest BCUT2D eigenvalue weighted by Crippen LogP contribution is 2.33. The van der Waals surface area contributed by atoms with Crippen LogP contribution in [0.15, 0.2) is 83.6 Å². The van der Waals surface area contributed by atoms with Crippen molar-refractivity contribution in [3.63, 3.8) is 0 Å². The Hall–Kier alpha value is -3.12. The number of aryl methyl sites for hydroxylation is 1. The third-order valence-corrected chi connectivity index (χ3v) is 5.56. The highest BCUT2D eigenvalue weighted by atomic mass is 79.9. The van der Waals surface area contributed by atoms with Gasteiger partial charge in [-0.3, -0.25) is 4.79 Å². The Kier molecular flexibility index (Phi) is 5.62. The molecule has 4 rings (SSSR count). The highest BCUT2D eigenvalue weighted by molar-refractivity contribution is 9.10. The van der Waals surface area contributed by atoms with Gasteiger partial charge in [0.1, 0.15) is 17.6 Å². The zero-order valence-electron chi connectivity index (χ0n) is 15.9. The molecular formula is C23H20BrN3O2. The Morgan fingerprint density at radius 2 is 1.86 bits per heavy atom. The molecule has 6 heteroatoms. The minimum atomic E-state index is -0.354. The van der Waals surface area contributed by atoms with Crippen molar-refractivity contribution in [3.8, 4) is 5.75 Å². The molecule has 4 aromatic rings. The molecule has 1 N–H and O–H groups in total. The van der Waals surface area contributed by atoms with E-state index >= 15 is 0 Å². The quantitative estimate of drug-likeness (QED) is 0.467. The Bertz CT molecular complexity index is 1140. The molecule has 1 unspecified atom stereocenters. The smallest absolute Gasteiger partial charge is 0.258 e. The van der Waals surface area contributed by atoms with Crippen molar-refractivity contribution in [1.82, 2.24) is 14.9 Å². The van der Waals surface area contributed by atoms with Crippen LogP contribution in [0.4, 0.5) is 0 Å². The molecule has 1 heterocycles. The molecule has 5 nitrogen and oxygen atoms in total. The molecule has 1 aromatic heterocycles. The number of rotatable bonds is 6. The van der Waals surface area contributed by atoms with Gasteiger partial charge in [0.15, 0.2) is 6.61 Å². The van der Waals surface area contributed by atoms with Crippen LogP contribution >= 0.6 is 15.9 Å². The zero-order valence-corrected chi connectivity index (χ0v) is 17.5. The number of halogens is 1.